The van der Waals surface area contributed by atoms with E-state index >= 15 is 0 Å². The molecule has 1 N–H and O–H groups in total. The number of hydrogen-bond donors (Lipinski definition) is 1. The summed E-state index contributed by atoms with van der Waals surface area (Å²) >= 11 is 0. The van der Waals surface area contributed by atoms with Crippen molar-refractivity contribution in [1.29, 1.82) is 0 Å². The Labute approximate surface area is 179 Å². The molecule has 0 radical (unpaired) electrons. The molecule has 31 heavy (non-hydrogen) atoms. The lowest BCUT2D eigenvalue weighted by atomic mass is 9.96. The molecule has 0 saturated carbocycles. The first kappa shape index (κ1) is 19.4. The van der Waals surface area contributed by atoms with E-state index in [9.17, 15) is 4.79 Å². The molecule has 0 spiro atoms. The van der Waals surface area contributed by atoms with Gasteiger partial charge in [-0.05, 0) is 38.1 Å². The van der Waals surface area contributed by atoms with Crippen LogP contribution in [0.2, 0.25) is 0 Å². The first-order valence-electron chi connectivity index (χ1n) is 10.3. The molecule has 5 heterocycles. The minimum Gasteiger partial charge on any atom is -0.448 e. The summed E-state index contributed by atoms with van der Waals surface area (Å²) in [5, 5.41) is 8.12. The van der Waals surface area contributed by atoms with Gasteiger partial charge in [-0.25, -0.2) is 9.97 Å². The normalized spacial score (nSPS) is 15.4. The Kier molecular flexibility index (Phi) is 5.17. The Bertz CT molecular complexity index is 1190. The number of likely N-dealkylation sites (tertiary alicyclic amines) is 1. The van der Waals surface area contributed by atoms with Crippen LogP contribution in [0.15, 0.2) is 53.8 Å². The highest BCUT2D eigenvalue weighted by Crippen LogP contribution is 2.24. The van der Waals surface area contributed by atoms with Crippen LogP contribution < -0.4 is 5.32 Å². The van der Waals surface area contributed by atoms with Crippen LogP contribution >= 0.6 is 0 Å². The topological polar surface area (TPSA) is 102 Å². The number of aryl methyl sites for hydroxylation is 1. The highest BCUT2D eigenvalue weighted by Gasteiger charge is 2.26. The average molecular weight is 417 g/mol. The number of amides is 1. The summed E-state index contributed by atoms with van der Waals surface area (Å²) < 4.78 is 7.07. The van der Waals surface area contributed by atoms with E-state index in [4.69, 9.17) is 4.42 Å². The van der Waals surface area contributed by atoms with Crippen LogP contribution in [0.25, 0.3) is 22.0 Å². The van der Waals surface area contributed by atoms with Gasteiger partial charge in [0.1, 0.15) is 12.1 Å². The van der Waals surface area contributed by atoms with Crippen LogP contribution in [0.5, 0.6) is 0 Å². The summed E-state index contributed by atoms with van der Waals surface area (Å²) in [6.07, 6.45) is 12.1. The number of rotatable bonds is 5. The molecule has 9 heteroatoms. The monoisotopic (exact) mass is 417 g/mol. The van der Waals surface area contributed by atoms with E-state index in [1.807, 2.05) is 31.6 Å². The van der Waals surface area contributed by atoms with Gasteiger partial charge in [0.2, 0.25) is 11.8 Å². The molecule has 4 aromatic heterocycles. The Morgan fingerprint density at radius 1 is 1.13 bits per heavy atom. The first-order chi connectivity index (χ1) is 15.1. The minimum atomic E-state index is -0.0295. The maximum Gasteiger partial charge on any atom is 0.228 e. The van der Waals surface area contributed by atoms with E-state index in [1.165, 1.54) is 0 Å². The van der Waals surface area contributed by atoms with Crippen LogP contribution in [-0.2, 0) is 18.4 Å². The molecule has 1 aliphatic rings. The van der Waals surface area contributed by atoms with E-state index in [-0.39, 0.29) is 11.8 Å². The van der Waals surface area contributed by atoms with Crippen LogP contribution in [0, 0.1) is 5.92 Å². The minimum absolute atomic E-state index is 0.0130. The lowest BCUT2D eigenvalue weighted by Gasteiger charge is -2.30. The number of piperidine rings is 1. The van der Waals surface area contributed by atoms with Crippen LogP contribution in [0.3, 0.4) is 0 Å². The van der Waals surface area contributed by atoms with Crippen molar-refractivity contribution in [3.63, 3.8) is 0 Å². The Morgan fingerprint density at radius 3 is 2.74 bits per heavy atom. The standard InChI is InChI=1S/C22H23N7O2/c1-28-13-18(11-26-28)17-8-16-9-20(25-12-19(16)24-10-17)27-22(30)15-2-5-29(6-3-15)14-21-23-4-7-31-21/h4,7-13,15H,2-3,5-6,14H2,1H3,(H,25,27,30). The smallest absolute Gasteiger partial charge is 0.228 e. The highest BCUT2D eigenvalue weighted by molar-refractivity contribution is 5.94. The molecular formula is C22H23N7O2. The van der Waals surface area contributed by atoms with Gasteiger partial charge in [0.05, 0.1) is 30.7 Å². The van der Waals surface area contributed by atoms with Gasteiger partial charge in [0.15, 0.2) is 0 Å². The predicted octanol–water partition coefficient (Wildman–Crippen LogP) is 2.87. The molecule has 4 aromatic rings. The van der Waals surface area contributed by atoms with Crippen molar-refractivity contribution in [1.82, 2.24) is 29.6 Å². The van der Waals surface area contributed by atoms with E-state index in [0.29, 0.717) is 18.3 Å². The Hall–Kier alpha value is -3.59. The molecule has 0 aliphatic carbocycles. The quantitative estimate of drug-likeness (QED) is 0.533. The van der Waals surface area contributed by atoms with Crippen LogP contribution in [0.4, 0.5) is 5.82 Å². The van der Waals surface area contributed by atoms with Crippen LogP contribution in [-0.4, -0.2) is 48.6 Å². The lowest BCUT2D eigenvalue weighted by molar-refractivity contribution is -0.121. The van der Waals surface area contributed by atoms with Crippen molar-refractivity contribution in [2.45, 2.75) is 19.4 Å². The Morgan fingerprint density at radius 2 is 2.00 bits per heavy atom. The van der Waals surface area contributed by atoms with Crippen LogP contribution in [0.1, 0.15) is 18.7 Å². The average Bonchev–Trinajstić information content (AvgIpc) is 3.45. The van der Waals surface area contributed by atoms with E-state index in [0.717, 1.165) is 48.0 Å². The zero-order valence-electron chi connectivity index (χ0n) is 17.2. The number of anilines is 1. The van der Waals surface area contributed by atoms with Gasteiger partial charge in [0, 0.05) is 41.9 Å². The fourth-order valence-electron chi connectivity index (χ4n) is 3.93. The molecule has 1 saturated heterocycles. The predicted molar refractivity (Wildman–Crippen MR) is 115 cm³/mol. The van der Waals surface area contributed by atoms with Gasteiger partial charge < -0.3 is 9.73 Å². The number of carbonyl (C=O) groups excluding carboxylic acids is 1. The fourth-order valence-corrected chi connectivity index (χ4v) is 3.93. The molecule has 0 aromatic carbocycles. The van der Waals surface area contributed by atoms with Crippen molar-refractivity contribution in [2.24, 2.45) is 13.0 Å². The highest BCUT2D eigenvalue weighted by atomic mass is 16.3. The number of aromatic nitrogens is 5. The third kappa shape index (κ3) is 4.31. The van der Waals surface area contributed by atoms with Crippen molar-refractivity contribution < 1.29 is 9.21 Å². The number of nitrogens with one attached hydrogen (secondary N) is 1. The SMILES string of the molecule is Cn1cc(-c2cnc3cnc(NC(=O)C4CCN(Cc5ncco5)CC4)cc3c2)cn1. The van der Waals surface area contributed by atoms with E-state index in [2.05, 4.69) is 30.3 Å². The summed E-state index contributed by atoms with van der Waals surface area (Å²) in [6, 6.07) is 3.91. The third-order valence-electron chi connectivity index (χ3n) is 5.66. The van der Waals surface area contributed by atoms with Crippen molar-refractivity contribution in [3.8, 4) is 11.1 Å². The van der Waals surface area contributed by atoms with Gasteiger partial charge >= 0.3 is 0 Å². The van der Waals surface area contributed by atoms with Crippen molar-refractivity contribution in [3.05, 3.63) is 55.3 Å². The molecule has 0 unspecified atom stereocenters. The number of pyridine rings is 2. The maximum absolute atomic E-state index is 12.8. The number of hydrogen-bond acceptors (Lipinski definition) is 7. The third-order valence-corrected chi connectivity index (χ3v) is 5.66. The van der Waals surface area contributed by atoms with Gasteiger partial charge in [-0.15, -0.1) is 0 Å². The van der Waals surface area contributed by atoms with Gasteiger partial charge in [-0.3, -0.25) is 19.4 Å². The summed E-state index contributed by atoms with van der Waals surface area (Å²) in [7, 11) is 1.88. The molecule has 0 bridgehead atoms. The number of carbonyl (C=O) groups is 1. The molecule has 1 fully saturated rings. The van der Waals surface area contributed by atoms with Crippen molar-refractivity contribution in [2.75, 3.05) is 18.4 Å². The zero-order chi connectivity index (χ0) is 21.2. The summed E-state index contributed by atoms with van der Waals surface area (Å²) in [4.78, 5) is 28.1. The first-order valence-corrected chi connectivity index (χ1v) is 10.3. The summed E-state index contributed by atoms with van der Waals surface area (Å²) in [6.45, 7) is 2.36. The second-order valence-electron chi connectivity index (χ2n) is 7.85. The van der Waals surface area contributed by atoms with Crippen molar-refractivity contribution >= 4 is 22.6 Å². The van der Waals surface area contributed by atoms with E-state index < -0.39 is 0 Å². The molecule has 0 atom stereocenters. The lowest BCUT2D eigenvalue weighted by Crippen LogP contribution is -2.37. The number of fused-ring (bicyclic) bond motifs is 1. The summed E-state index contributed by atoms with van der Waals surface area (Å²) in [5.41, 5.74) is 2.75. The molecular weight excluding hydrogens is 394 g/mol. The fraction of sp³-hybridized carbons (Fsp3) is 0.318. The second kappa shape index (κ2) is 8.27. The number of oxazole rings is 1. The second-order valence-corrected chi connectivity index (χ2v) is 7.85. The Balaban J connectivity index is 1.24. The molecule has 1 aliphatic heterocycles. The van der Waals surface area contributed by atoms with Gasteiger partial charge in [-0.2, -0.15) is 5.10 Å². The molecule has 9 nitrogen and oxygen atoms in total. The molecule has 158 valence electrons. The summed E-state index contributed by atoms with van der Waals surface area (Å²) in [5.74, 6) is 1.24. The maximum atomic E-state index is 12.8. The number of nitrogens with zero attached hydrogens (tertiary/aromatic N) is 6. The molecule has 1 amide bonds. The van der Waals surface area contributed by atoms with E-state index in [1.54, 1.807) is 29.5 Å². The zero-order valence-corrected chi connectivity index (χ0v) is 17.2. The van der Waals surface area contributed by atoms with Gasteiger partial charge in [-0.1, -0.05) is 0 Å². The van der Waals surface area contributed by atoms with Gasteiger partial charge in [0.25, 0.3) is 0 Å². The molecule has 5 rings (SSSR count). The largest absolute Gasteiger partial charge is 0.448 e.